The van der Waals surface area contributed by atoms with Gasteiger partial charge in [-0.2, -0.15) is 0 Å². The van der Waals surface area contributed by atoms with Crippen LogP contribution in [0.5, 0.6) is 5.75 Å². The zero-order chi connectivity index (χ0) is 15.2. The number of ether oxygens (including phenoxy) is 1. The van der Waals surface area contributed by atoms with E-state index in [0.717, 1.165) is 0 Å². The van der Waals surface area contributed by atoms with Gasteiger partial charge >= 0.3 is 0 Å². The van der Waals surface area contributed by atoms with Gasteiger partial charge in [0.15, 0.2) is 0 Å². The minimum Gasteiger partial charge on any atom is -0.492 e. The number of nitrogens with two attached hydrogens (primary N) is 1. The van der Waals surface area contributed by atoms with E-state index in [0.29, 0.717) is 0 Å². The molecule has 54 valence electrons. The summed E-state index contributed by atoms with van der Waals surface area (Å²) in [6.45, 7) is -6.25. The molecule has 1 rings (SSSR count). The molecule has 0 saturated carbocycles. The van der Waals surface area contributed by atoms with Crippen LogP contribution in [-0.2, 0) is 0 Å². The summed E-state index contributed by atoms with van der Waals surface area (Å²) in [5.74, 6) is -0.716. The number of anilines is 1. The first-order valence-corrected chi connectivity index (χ1v) is 2.45. The van der Waals surface area contributed by atoms with E-state index in [9.17, 15) is 0 Å². The molecule has 0 spiro atoms. The zero-order valence-corrected chi connectivity index (χ0v) is 4.99. The molecule has 0 heterocycles. The van der Waals surface area contributed by atoms with Crippen LogP contribution in [0.4, 0.5) is 5.69 Å². The lowest BCUT2D eigenvalue weighted by Gasteiger charge is -2.04. The molecule has 0 aliphatic carbocycles. The van der Waals surface area contributed by atoms with E-state index in [1.165, 1.54) is 0 Å². The minimum absolute atomic E-state index is 0.542. The number of para-hydroxylation sites is 2. The molecular weight excluding hydrogens is 126 g/mol. The molecule has 0 aliphatic rings. The highest BCUT2D eigenvalue weighted by Crippen LogP contribution is 2.18. The highest BCUT2D eigenvalue weighted by Gasteiger charge is 1.93. The van der Waals surface area contributed by atoms with Gasteiger partial charge < -0.3 is 10.5 Å². The van der Waals surface area contributed by atoms with Crippen molar-refractivity contribution in [3.63, 3.8) is 0 Å². The molecule has 0 saturated heterocycles. The molecule has 1 aromatic rings. The molecule has 0 fully saturated rings. The lowest BCUT2D eigenvalue weighted by molar-refractivity contribution is 0.342. The molecule has 0 radical (unpaired) electrons. The molecule has 10 heavy (non-hydrogen) atoms. The predicted octanol–water partition coefficient (Wildman–Crippen LogP) is 1.67. The van der Waals surface area contributed by atoms with Crippen LogP contribution in [0, 0.1) is 0 Å². The Morgan fingerprint density at radius 3 is 3.40 bits per heavy atom. The molecule has 0 aliphatic heterocycles. The standard InChI is InChI=1S/C8H11NO/c1-2-10-8-6-4-3-5-7(8)9/h3-6H,2,9H2,1H3/i1D3,2D2,3D,4D,5D,6D. The molecule has 1 aromatic carbocycles. The zero-order valence-electron chi connectivity index (χ0n) is 14.0. The third-order valence-corrected chi connectivity index (χ3v) is 0.833. The lowest BCUT2D eigenvalue weighted by atomic mass is 10.3. The maximum Gasteiger partial charge on any atom is 0.142 e. The van der Waals surface area contributed by atoms with Crippen molar-refractivity contribution < 1.29 is 17.1 Å². The molecule has 2 heteroatoms. The quantitative estimate of drug-likeness (QED) is 0.644. The van der Waals surface area contributed by atoms with Crippen molar-refractivity contribution in [1.29, 1.82) is 0 Å². The fourth-order valence-electron chi connectivity index (χ4n) is 0.442. The Kier molecular flexibility index (Phi) is 0.528. The Hall–Kier alpha value is -1.18. The van der Waals surface area contributed by atoms with Gasteiger partial charge in [-0.05, 0) is 18.9 Å². The summed E-state index contributed by atoms with van der Waals surface area (Å²) >= 11 is 0. The summed E-state index contributed by atoms with van der Waals surface area (Å²) < 4.78 is 69.7. The van der Waals surface area contributed by atoms with Crippen LogP contribution < -0.4 is 10.5 Å². The molecule has 0 bridgehead atoms. The van der Waals surface area contributed by atoms with E-state index >= 15 is 0 Å². The predicted molar refractivity (Wildman–Crippen MR) is 42.0 cm³/mol. The summed E-state index contributed by atoms with van der Waals surface area (Å²) in [5.41, 5.74) is 4.87. The smallest absolute Gasteiger partial charge is 0.142 e. The van der Waals surface area contributed by atoms with Gasteiger partial charge in [-0.15, -0.1) is 0 Å². The third-order valence-electron chi connectivity index (χ3n) is 0.833. The highest BCUT2D eigenvalue weighted by molar-refractivity contribution is 5.51. The number of hydrogen-bond donors (Lipinski definition) is 1. The van der Waals surface area contributed by atoms with Gasteiger partial charge in [0.2, 0.25) is 0 Å². The van der Waals surface area contributed by atoms with E-state index in [1.807, 2.05) is 0 Å². The Bertz CT molecular complexity index is 481. The molecular formula is C8H11NO. The van der Waals surface area contributed by atoms with Crippen LogP contribution in [-0.4, -0.2) is 6.56 Å². The van der Waals surface area contributed by atoms with Gasteiger partial charge in [-0.25, -0.2) is 0 Å². The maximum absolute atomic E-state index is 7.51. The van der Waals surface area contributed by atoms with E-state index < -0.39 is 49.0 Å². The van der Waals surface area contributed by atoms with Crippen molar-refractivity contribution in [2.24, 2.45) is 0 Å². The van der Waals surface area contributed by atoms with Gasteiger partial charge in [-0.1, -0.05) is 12.1 Å². The van der Waals surface area contributed by atoms with Crippen molar-refractivity contribution >= 4 is 5.69 Å². The van der Waals surface area contributed by atoms with E-state index in [1.54, 1.807) is 0 Å². The second-order valence-electron chi connectivity index (χ2n) is 1.45. The van der Waals surface area contributed by atoms with Gasteiger partial charge in [0, 0.05) is 4.11 Å². The Morgan fingerprint density at radius 1 is 1.80 bits per heavy atom. The van der Waals surface area contributed by atoms with Gasteiger partial charge in [0.25, 0.3) is 0 Å². The highest BCUT2D eigenvalue weighted by atomic mass is 16.5. The normalized spacial score (nSPS) is 25.0. The number of rotatable bonds is 2. The summed E-state index contributed by atoms with van der Waals surface area (Å²) in [6.07, 6.45) is 0. The monoisotopic (exact) mass is 146 g/mol. The van der Waals surface area contributed by atoms with Gasteiger partial charge in [0.05, 0.1) is 20.5 Å². The summed E-state index contributed by atoms with van der Waals surface area (Å²) in [4.78, 5) is 0. The van der Waals surface area contributed by atoms with Gasteiger partial charge in [-0.3, -0.25) is 0 Å². The topological polar surface area (TPSA) is 35.2 Å². The van der Waals surface area contributed by atoms with Crippen molar-refractivity contribution in [2.45, 2.75) is 6.85 Å². The minimum atomic E-state index is -3.13. The largest absolute Gasteiger partial charge is 0.492 e. The Morgan fingerprint density at radius 2 is 2.60 bits per heavy atom. The summed E-state index contributed by atoms with van der Waals surface area (Å²) in [5, 5.41) is 0. The second kappa shape index (κ2) is 3.11. The number of nitrogen functional groups attached to an aromatic ring is 1. The van der Waals surface area contributed by atoms with E-state index in [2.05, 4.69) is 4.74 Å². The Labute approximate surface area is 73.3 Å². The van der Waals surface area contributed by atoms with Crippen LogP contribution in [0.2, 0.25) is 0 Å². The van der Waals surface area contributed by atoms with Crippen molar-refractivity contribution in [3.05, 3.63) is 24.2 Å². The fourth-order valence-corrected chi connectivity index (χ4v) is 0.442. The van der Waals surface area contributed by atoms with Crippen molar-refractivity contribution in [2.75, 3.05) is 12.3 Å². The maximum atomic E-state index is 7.51. The summed E-state index contributed by atoms with van der Waals surface area (Å²) in [7, 11) is 0. The van der Waals surface area contributed by atoms with Crippen LogP contribution in [0.3, 0.4) is 0 Å². The molecule has 2 N–H and O–H groups in total. The van der Waals surface area contributed by atoms with Crippen molar-refractivity contribution in [1.82, 2.24) is 0 Å². The van der Waals surface area contributed by atoms with Crippen molar-refractivity contribution in [3.8, 4) is 5.75 Å². The van der Waals surface area contributed by atoms with Gasteiger partial charge in [0.1, 0.15) is 5.75 Å². The average molecular weight is 146 g/mol. The second-order valence-corrected chi connectivity index (χ2v) is 1.45. The first-order valence-electron chi connectivity index (χ1n) is 6.95. The van der Waals surface area contributed by atoms with Crippen LogP contribution in [0.15, 0.2) is 24.2 Å². The summed E-state index contributed by atoms with van der Waals surface area (Å²) in [6, 6.07) is -2.64. The van der Waals surface area contributed by atoms with Crippen LogP contribution in [0.25, 0.3) is 0 Å². The van der Waals surface area contributed by atoms with E-state index in [4.69, 9.17) is 18.1 Å². The number of benzene rings is 1. The number of hydrogen-bond acceptors (Lipinski definition) is 2. The lowest BCUT2D eigenvalue weighted by Crippen LogP contribution is -1.95. The van der Waals surface area contributed by atoms with Crippen LogP contribution >= 0.6 is 0 Å². The fraction of sp³-hybridized carbons (Fsp3) is 0.250. The first kappa shape index (κ1) is 1.70. The van der Waals surface area contributed by atoms with E-state index in [-0.39, 0.29) is 0 Å². The molecule has 0 atom stereocenters. The molecule has 2 nitrogen and oxygen atoms in total. The third kappa shape index (κ3) is 1.41. The SMILES string of the molecule is [2H]c1c([2H])c([2H])c(OC([2H])([2H])C([2H])([2H])[2H])c(N)c1[2H]. The average Bonchev–Trinajstić information content (AvgIpc) is 2.28. The molecule has 0 unspecified atom stereocenters. The molecule has 0 amide bonds. The molecule has 0 aromatic heterocycles. The Balaban J connectivity index is 3.39. The first-order chi connectivity index (χ1) is 8.40. The van der Waals surface area contributed by atoms with Crippen LogP contribution in [0.1, 0.15) is 19.2 Å².